The SMILES string of the molecule is [N-]=[N+]=NCCCOC(=O)OCC#CCOC(=O)OCCCN=[N+]=[N-]. The van der Waals surface area contributed by atoms with Gasteiger partial charge in [-0.1, -0.05) is 22.1 Å². The molecule has 0 aliphatic rings. The fourth-order valence-electron chi connectivity index (χ4n) is 1.05. The molecule has 12 heteroatoms. The number of rotatable bonds is 10. The van der Waals surface area contributed by atoms with E-state index in [1.54, 1.807) is 0 Å². The molecule has 0 heterocycles. The van der Waals surface area contributed by atoms with Crippen molar-refractivity contribution < 1.29 is 28.5 Å². The summed E-state index contributed by atoms with van der Waals surface area (Å²) in [6, 6.07) is 0. The van der Waals surface area contributed by atoms with Crippen molar-refractivity contribution in [2.75, 3.05) is 39.5 Å². The third kappa shape index (κ3) is 15.1. The van der Waals surface area contributed by atoms with E-state index in [2.05, 4.69) is 50.8 Å². The number of hydrogen-bond donors (Lipinski definition) is 0. The van der Waals surface area contributed by atoms with Crippen LogP contribution in [0.1, 0.15) is 12.8 Å². The van der Waals surface area contributed by atoms with Gasteiger partial charge in [-0.05, 0) is 23.9 Å². The quantitative estimate of drug-likeness (QED) is 0.148. The van der Waals surface area contributed by atoms with E-state index in [9.17, 15) is 9.59 Å². The molecule has 130 valence electrons. The van der Waals surface area contributed by atoms with Gasteiger partial charge in [0.1, 0.15) is 0 Å². The number of ether oxygens (including phenoxy) is 4. The Kier molecular flexibility index (Phi) is 13.9. The van der Waals surface area contributed by atoms with Crippen molar-refractivity contribution in [1.82, 2.24) is 0 Å². The number of nitrogens with zero attached hydrogens (tertiary/aromatic N) is 6. The van der Waals surface area contributed by atoms with Gasteiger partial charge in [0, 0.05) is 22.9 Å². The molecule has 0 aromatic carbocycles. The van der Waals surface area contributed by atoms with Crippen LogP contribution in [0.3, 0.4) is 0 Å². The van der Waals surface area contributed by atoms with Gasteiger partial charge in [-0.15, -0.1) is 0 Å². The minimum Gasteiger partial charge on any atom is -0.434 e. The topological polar surface area (TPSA) is 169 Å². The molecule has 0 aliphatic carbocycles. The molecule has 0 rings (SSSR count). The van der Waals surface area contributed by atoms with E-state index in [0.717, 1.165) is 0 Å². The summed E-state index contributed by atoms with van der Waals surface area (Å²) < 4.78 is 18.5. The minimum atomic E-state index is -0.898. The third-order valence-corrected chi connectivity index (χ3v) is 2.02. The fourth-order valence-corrected chi connectivity index (χ4v) is 1.05. The Morgan fingerprint density at radius 2 is 1.21 bits per heavy atom. The maximum Gasteiger partial charge on any atom is 0.509 e. The van der Waals surface area contributed by atoms with E-state index < -0.39 is 12.3 Å². The molecule has 0 spiro atoms. The van der Waals surface area contributed by atoms with Crippen LogP contribution in [0.4, 0.5) is 9.59 Å². The van der Waals surface area contributed by atoms with Gasteiger partial charge in [0.05, 0.1) is 13.2 Å². The van der Waals surface area contributed by atoms with E-state index >= 15 is 0 Å². The van der Waals surface area contributed by atoms with Crippen LogP contribution >= 0.6 is 0 Å². The standard InChI is InChI=1S/C12H16N6O6/c13-17-15-5-3-9-23-11(19)21-7-1-2-8-22-12(20)24-10-4-6-16-18-14/h3-10H2. The second-order valence-corrected chi connectivity index (χ2v) is 3.74. The Balaban J connectivity index is 3.55. The third-order valence-electron chi connectivity index (χ3n) is 2.02. The van der Waals surface area contributed by atoms with Gasteiger partial charge >= 0.3 is 12.3 Å². The number of carbonyl (C=O) groups is 2. The molecule has 0 aromatic rings. The summed E-state index contributed by atoms with van der Waals surface area (Å²) in [5.41, 5.74) is 16.1. The van der Waals surface area contributed by atoms with Crippen molar-refractivity contribution in [3.63, 3.8) is 0 Å². The zero-order chi connectivity index (χ0) is 17.9. The number of carbonyl (C=O) groups excluding carboxylic acids is 2. The number of hydrogen-bond acceptors (Lipinski definition) is 8. The Labute approximate surface area is 137 Å². The smallest absolute Gasteiger partial charge is 0.434 e. The van der Waals surface area contributed by atoms with Crippen molar-refractivity contribution >= 4 is 12.3 Å². The molecule has 0 fully saturated rings. The van der Waals surface area contributed by atoms with E-state index in [1.807, 2.05) is 0 Å². The Hall–Kier alpha value is -3.28. The average Bonchev–Trinajstić information content (AvgIpc) is 2.57. The van der Waals surface area contributed by atoms with Crippen LogP contribution in [0.5, 0.6) is 0 Å². The van der Waals surface area contributed by atoms with Crippen molar-refractivity contribution in [3.05, 3.63) is 20.9 Å². The van der Waals surface area contributed by atoms with E-state index in [0.29, 0.717) is 12.8 Å². The average molecular weight is 340 g/mol. The first-order valence-electron chi connectivity index (χ1n) is 6.77. The van der Waals surface area contributed by atoms with Crippen LogP contribution in [-0.2, 0) is 18.9 Å². The van der Waals surface area contributed by atoms with Gasteiger partial charge in [-0.25, -0.2) is 9.59 Å². The van der Waals surface area contributed by atoms with Crippen molar-refractivity contribution in [2.45, 2.75) is 12.8 Å². The maximum atomic E-state index is 11.1. The van der Waals surface area contributed by atoms with Crippen molar-refractivity contribution in [3.8, 4) is 11.8 Å². The molecule has 0 atom stereocenters. The molecular formula is C12H16N6O6. The van der Waals surface area contributed by atoms with Crippen LogP contribution in [-0.4, -0.2) is 51.8 Å². The Morgan fingerprint density at radius 3 is 1.58 bits per heavy atom. The zero-order valence-corrected chi connectivity index (χ0v) is 12.8. The van der Waals surface area contributed by atoms with Gasteiger partial charge in [-0.2, -0.15) is 0 Å². The molecule has 0 bridgehead atoms. The second-order valence-electron chi connectivity index (χ2n) is 3.74. The van der Waals surface area contributed by atoms with Gasteiger partial charge in [-0.3, -0.25) is 0 Å². The monoisotopic (exact) mass is 340 g/mol. The van der Waals surface area contributed by atoms with Gasteiger partial charge in [0.2, 0.25) is 0 Å². The molecule has 0 saturated carbocycles. The molecule has 24 heavy (non-hydrogen) atoms. The van der Waals surface area contributed by atoms with E-state index in [4.69, 9.17) is 11.1 Å². The molecular weight excluding hydrogens is 324 g/mol. The Bertz CT molecular complexity index is 498. The largest absolute Gasteiger partial charge is 0.509 e. The lowest BCUT2D eigenvalue weighted by molar-refractivity contribution is 0.0618. The highest BCUT2D eigenvalue weighted by Gasteiger charge is 2.02. The summed E-state index contributed by atoms with van der Waals surface area (Å²) in [7, 11) is 0. The molecule has 0 aromatic heterocycles. The van der Waals surface area contributed by atoms with Gasteiger partial charge in [0.15, 0.2) is 13.2 Å². The lowest BCUT2D eigenvalue weighted by atomic mass is 10.5. The number of azide groups is 2. The second kappa shape index (κ2) is 16.1. The molecule has 0 N–H and O–H groups in total. The predicted octanol–water partition coefficient (Wildman–Crippen LogP) is 2.70. The van der Waals surface area contributed by atoms with E-state index in [1.165, 1.54) is 0 Å². The highest BCUT2D eigenvalue weighted by atomic mass is 16.7. The summed E-state index contributed by atoms with van der Waals surface area (Å²) in [4.78, 5) is 27.2. The van der Waals surface area contributed by atoms with Gasteiger partial charge in [0.25, 0.3) is 0 Å². The van der Waals surface area contributed by atoms with Gasteiger partial charge < -0.3 is 18.9 Å². The van der Waals surface area contributed by atoms with Crippen LogP contribution in [0, 0.1) is 11.8 Å². The predicted molar refractivity (Wildman–Crippen MR) is 79.6 cm³/mol. The summed E-state index contributed by atoms with van der Waals surface area (Å²) in [5, 5.41) is 6.53. The Morgan fingerprint density at radius 1 is 0.792 bits per heavy atom. The molecule has 12 nitrogen and oxygen atoms in total. The van der Waals surface area contributed by atoms with Crippen molar-refractivity contribution in [2.24, 2.45) is 10.2 Å². The first-order chi connectivity index (χ1) is 11.7. The summed E-state index contributed by atoms with van der Waals surface area (Å²) in [6.07, 6.45) is -1.01. The normalized spacial score (nSPS) is 8.50. The fraction of sp³-hybridized carbons (Fsp3) is 0.667. The zero-order valence-electron chi connectivity index (χ0n) is 12.8. The summed E-state index contributed by atoms with van der Waals surface area (Å²) in [5.74, 6) is 4.88. The molecule has 0 saturated heterocycles. The maximum absolute atomic E-state index is 11.1. The highest BCUT2D eigenvalue weighted by Crippen LogP contribution is 1.90. The van der Waals surface area contributed by atoms with Crippen LogP contribution < -0.4 is 0 Å². The molecule has 0 radical (unpaired) electrons. The van der Waals surface area contributed by atoms with Crippen molar-refractivity contribution in [1.29, 1.82) is 0 Å². The van der Waals surface area contributed by atoms with Crippen LogP contribution in [0.2, 0.25) is 0 Å². The molecule has 0 aliphatic heterocycles. The first-order valence-corrected chi connectivity index (χ1v) is 6.77. The van der Waals surface area contributed by atoms with E-state index in [-0.39, 0.29) is 39.5 Å². The lowest BCUT2D eigenvalue weighted by Crippen LogP contribution is -2.10. The lowest BCUT2D eigenvalue weighted by Gasteiger charge is -2.02. The molecule has 0 amide bonds. The minimum absolute atomic E-state index is 0.0694. The highest BCUT2D eigenvalue weighted by molar-refractivity contribution is 5.60. The molecule has 0 unspecified atom stereocenters. The van der Waals surface area contributed by atoms with Crippen LogP contribution in [0.15, 0.2) is 10.2 Å². The summed E-state index contributed by atoms with van der Waals surface area (Å²) in [6.45, 7) is 0.143. The summed E-state index contributed by atoms with van der Waals surface area (Å²) >= 11 is 0. The van der Waals surface area contributed by atoms with Crippen LogP contribution in [0.25, 0.3) is 20.9 Å². The first kappa shape index (κ1) is 20.7.